The number of nitrogens with zero attached hydrogens (tertiary/aromatic N) is 1. The zero-order chi connectivity index (χ0) is 19.6. The maximum Gasteiger partial charge on any atom is 0.338 e. The molecule has 0 radical (unpaired) electrons. The number of ether oxygens (including phenoxy) is 1. The number of hydrogen-bond donors (Lipinski definition) is 2. The van der Waals surface area contributed by atoms with Gasteiger partial charge in [-0.15, -0.1) is 0 Å². The van der Waals surface area contributed by atoms with Crippen LogP contribution in [0.5, 0.6) is 0 Å². The van der Waals surface area contributed by atoms with E-state index < -0.39 is 5.97 Å². The maximum absolute atomic E-state index is 12.1. The van der Waals surface area contributed by atoms with Gasteiger partial charge in [-0.3, -0.25) is 9.59 Å². The van der Waals surface area contributed by atoms with Crippen LogP contribution in [0.1, 0.15) is 42.7 Å². The first-order chi connectivity index (χ1) is 13.0. The van der Waals surface area contributed by atoms with E-state index in [0.717, 1.165) is 24.6 Å². The molecule has 0 saturated carbocycles. The second kappa shape index (κ2) is 10.5. The first-order valence-corrected chi connectivity index (χ1v) is 9.80. The highest BCUT2D eigenvalue weighted by molar-refractivity contribution is 7.99. The Hall–Kier alpha value is -2.61. The normalized spacial score (nSPS) is 10.4. The fourth-order valence-electron chi connectivity index (χ4n) is 2.18. The molecule has 0 saturated heterocycles. The van der Waals surface area contributed by atoms with Crippen molar-refractivity contribution in [3.8, 4) is 0 Å². The van der Waals surface area contributed by atoms with Gasteiger partial charge in [0.2, 0.25) is 5.91 Å². The van der Waals surface area contributed by atoms with Crippen LogP contribution in [0.2, 0.25) is 0 Å². The third-order valence-electron chi connectivity index (χ3n) is 3.59. The van der Waals surface area contributed by atoms with Gasteiger partial charge in [-0.25, -0.2) is 9.78 Å². The minimum Gasteiger partial charge on any atom is -0.462 e. The molecular weight excluding hydrogens is 366 g/mol. The molecule has 0 fully saturated rings. The summed E-state index contributed by atoms with van der Waals surface area (Å²) >= 11 is 1.15. The fourth-order valence-corrected chi connectivity index (χ4v) is 2.87. The minimum absolute atomic E-state index is 0.0846. The number of carbonyl (C=O) groups excluding carboxylic acids is 2. The van der Waals surface area contributed by atoms with E-state index in [4.69, 9.17) is 4.74 Å². The average Bonchev–Trinajstić information content (AvgIpc) is 2.66. The van der Waals surface area contributed by atoms with Gasteiger partial charge in [-0.1, -0.05) is 38.1 Å². The Kier molecular flexibility index (Phi) is 8.06. The van der Waals surface area contributed by atoms with Gasteiger partial charge in [0.1, 0.15) is 0 Å². The highest BCUT2D eigenvalue weighted by atomic mass is 32.2. The number of rotatable bonds is 9. The van der Waals surface area contributed by atoms with Crippen molar-refractivity contribution < 1.29 is 14.3 Å². The van der Waals surface area contributed by atoms with Crippen LogP contribution in [-0.2, 0) is 16.0 Å². The molecule has 1 heterocycles. The molecule has 8 heteroatoms. The molecule has 27 heavy (non-hydrogen) atoms. The van der Waals surface area contributed by atoms with Crippen molar-refractivity contribution in [3.63, 3.8) is 0 Å². The van der Waals surface area contributed by atoms with Gasteiger partial charge in [0.05, 0.1) is 17.9 Å². The Bertz CT molecular complexity index is 851. The van der Waals surface area contributed by atoms with Crippen LogP contribution in [-0.4, -0.2) is 34.2 Å². The van der Waals surface area contributed by atoms with Gasteiger partial charge in [0.25, 0.3) is 5.56 Å². The molecule has 1 aromatic carbocycles. The summed E-state index contributed by atoms with van der Waals surface area (Å²) in [5.41, 5.74) is 1.34. The number of amides is 1. The zero-order valence-electron chi connectivity index (χ0n) is 15.4. The molecule has 2 rings (SSSR count). The monoisotopic (exact) mass is 389 g/mol. The highest BCUT2D eigenvalue weighted by Crippen LogP contribution is 2.15. The van der Waals surface area contributed by atoms with E-state index in [1.165, 1.54) is 6.07 Å². The van der Waals surface area contributed by atoms with E-state index in [1.54, 1.807) is 24.3 Å². The number of benzene rings is 1. The SMILES string of the molecule is CCCCOC(=O)c1cccc(NC(=O)CSc2nc(CC)cc(=O)[nH]2)c1. The third-order valence-corrected chi connectivity index (χ3v) is 4.46. The lowest BCUT2D eigenvalue weighted by atomic mass is 10.2. The molecule has 2 aromatic rings. The molecule has 0 aliphatic rings. The summed E-state index contributed by atoms with van der Waals surface area (Å²) in [4.78, 5) is 42.6. The minimum atomic E-state index is -0.410. The van der Waals surface area contributed by atoms with E-state index in [1.807, 2.05) is 13.8 Å². The Morgan fingerprint density at radius 2 is 2.07 bits per heavy atom. The number of aromatic amines is 1. The number of unbranched alkanes of at least 4 members (excludes halogenated alkanes) is 1. The molecule has 7 nitrogen and oxygen atoms in total. The van der Waals surface area contributed by atoms with Crippen LogP contribution in [0.25, 0.3) is 0 Å². The predicted octanol–water partition coefficient (Wildman–Crippen LogP) is 3.02. The molecule has 1 aromatic heterocycles. The van der Waals surface area contributed by atoms with Crippen molar-refractivity contribution >= 4 is 29.3 Å². The van der Waals surface area contributed by atoms with E-state index in [0.29, 0.717) is 35.1 Å². The van der Waals surface area contributed by atoms with Crippen molar-refractivity contribution in [2.45, 2.75) is 38.3 Å². The standard InChI is InChI=1S/C19H23N3O4S/c1-3-5-9-26-18(25)13-7-6-8-15(10-13)20-17(24)12-27-19-21-14(4-2)11-16(23)22-19/h6-8,10-11H,3-5,9,12H2,1-2H3,(H,20,24)(H,21,22,23). The summed E-state index contributed by atoms with van der Waals surface area (Å²) in [5.74, 6) is -0.588. The number of hydrogen-bond acceptors (Lipinski definition) is 6. The van der Waals surface area contributed by atoms with Crippen LogP contribution >= 0.6 is 11.8 Å². The number of thioether (sulfide) groups is 1. The summed E-state index contributed by atoms with van der Waals surface area (Å²) in [6, 6.07) is 8.04. The van der Waals surface area contributed by atoms with Gasteiger partial charge in [0.15, 0.2) is 5.16 Å². The third kappa shape index (κ3) is 6.90. The number of nitrogens with one attached hydrogen (secondary N) is 2. The smallest absolute Gasteiger partial charge is 0.338 e. The molecule has 0 aliphatic heterocycles. The first-order valence-electron chi connectivity index (χ1n) is 8.82. The predicted molar refractivity (Wildman–Crippen MR) is 105 cm³/mol. The second-order valence-electron chi connectivity index (χ2n) is 5.80. The summed E-state index contributed by atoms with van der Waals surface area (Å²) in [7, 11) is 0. The van der Waals surface area contributed by atoms with Crippen molar-refractivity contribution in [2.24, 2.45) is 0 Å². The van der Waals surface area contributed by atoms with Gasteiger partial charge in [0, 0.05) is 17.4 Å². The summed E-state index contributed by atoms with van der Waals surface area (Å²) < 4.78 is 5.17. The van der Waals surface area contributed by atoms with Crippen molar-refractivity contribution in [3.05, 3.63) is 51.9 Å². The Labute approximate surface area is 161 Å². The first kappa shape index (κ1) is 20.7. The molecular formula is C19H23N3O4S. The number of aromatic nitrogens is 2. The summed E-state index contributed by atoms with van der Waals surface area (Å²) in [5, 5.41) is 3.14. The molecule has 0 spiro atoms. The van der Waals surface area contributed by atoms with Gasteiger partial charge in [-0.05, 0) is 31.0 Å². The lowest BCUT2D eigenvalue weighted by Crippen LogP contribution is -2.16. The van der Waals surface area contributed by atoms with E-state index in [2.05, 4.69) is 15.3 Å². The number of carbonyl (C=O) groups is 2. The summed E-state index contributed by atoms with van der Waals surface area (Å²) in [6.07, 6.45) is 2.40. The molecule has 0 atom stereocenters. The van der Waals surface area contributed by atoms with Crippen LogP contribution in [0.4, 0.5) is 5.69 Å². The maximum atomic E-state index is 12.1. The molecule has 0 aliphatic carbocycles. The summed E-state index contributed by atoms with van der Waals surface area (Å²) in [6.45, 7) is 4.30. The number of esters is 1. The van der Waals surface area contributed by atoms with E-state index in [9.17, 15) is 14.4 Å². The lowest BCUT2D eigenvalue weighted by Gasteiger charge is -2.08. The Morgan fingerprint density at radius 3 is 2.81 bits per heavy atom. The van der Waals surface area contributed by atoms with Crippen LogP contribution < -0.4 is 10.9 Å². The van der Waals surface area contributed by atoms with Gasteiger partial charge in [-0.2, -0.15) is 0 Å². The Balaban J connectivity index is 1.92. The largest absolute Gasteiger partial charge is 0.462 e. The number of anilines is 1. The quantitative estimate of drug-likeness (QED) is 0.296. The average molecular weight is 389 g/mol. The van der Waals surface area contributed by atoms with Crippen LogP contribution in [0, 0.1) is 0 Å². The van der Waals surface area contributed by atoms with Crippen molar-refractivity contribution in [1.82, 2.24) is 9.97 Å². The van der Waals surface area contributed by atoms with Gasteiger partial charge < -0.3 is 15.0 Å². The van der Waals surface area contributed by atoms with Gasteiger partial charge >= 0.3 is 5.97 Å². The van der Waals surface area contributed by atoms with Crippen LogP contribution in [0.3, 0.4) is 0 Å². The van der Waals surface area contributed by atoms with Crippen molar-refractivity contribution in [1.29, 1.82) is 0 Å². The van der Waals surface area contributed by atoms with Crippen molar-refractivity contribution in [2.75, 3.05) is 17.7 Å². The number of aryl methyl sites for hydroxylation is 1. The van der Waals surface area contributed by atoms with E-state index >= 15 is 0 Å². The zero-order valence-corrected chi connectivity index (χ0v) is 16.2. The fraction of sp³-hybridized carbons (Fsp3) is 0.368. The lowest BCUT2D eigenvalue weighted by molar-refractivity contribution is -0.113. The Morgan fingerprint density at radius 1 is 1.26 bits per heavy atom. The molecule has 144 valence electrons. The molecule has 1 amide bonds. The van der Waals surface area contributed by atoms with Crippen LogP contribution in [0.15, 0.2) is 40.3 Å². The molecule has 2 N–H and O–H groups in total. The molecule has 0 bridgehead atoms. The number of H-pyrrole nitrogens is 1. The topological polar surface area (TPSA) is 101 Å². The molecule has 0 unspecified atom stereocenters. The second-order valence-corrected chi connectivity index (χ2v) is 6.77. The van der Waals surface area contributed by atoms with E-state index in [-0.39, 0.29) is 17.2 Å². The highest BCUT2D eigenvalue weighted by Gasteiger charge is 2.10.